The van der Waals surface area contributed by atoms with Crippen molar-refractivity contribution in [2.24, 2.45) is 0 Å². The molecule has 1 saturated heterocycles. The summed E-state index contributed by atoms with van der Waals surface area (Å²) in [4.78, 5) is 13.9. The van der Waals surface area contributed by atoms with Crippen molar-refractivity contribution in [3.05, 3.63) is 28.2 Å². The van der Waals surface area contributed by atoms with Crippen LogP contribution in [0.4, 0.5) is 14.5 Å². The van der Waals surface area contributed by atoms with Crippen molar-refractivity contribution in [2.45, 2.75) is 13.0 Å². The molecule has 0 radical (unpaired) electrons. The highest BCUT2D eigenvalue weighted by Crippen LogP contribution is 2.26. The smallest absolute Gasteiger partial charge is 0.238 e. The molecule has 0 aliphatic carbocycles. The van der Waals surface area contributed by atoms with Crippen molar-refractivity contribution in [1.29, 1.82) is 0 Å². The van der Waals surface area contributed by atoms with Crippen LogP contribution in [-0.2, 0) is 9.53 Å². The maximum absolute atomic E-state index is 13.6. The molecule has 0 bridgehead atoms. The first-order valence-corrected chi connectivity index (χ1v) is 7.03. The van der Waals surface area contributed by atoms with Crippen molar-refractivity contribution in [3.63, 3.8) is 0 Å². The van der Waals surface area contributed by atoms with Gasteiger partial charge in [0.1, 0.15) is 5.82 Å². The van der Waals surface area contributed by atoms with E-state index >= 15 is 0 Å². The highest BCUT2D eigenvalue weighted by atomic mass is 79.9. The summed E-state index contributed by atoms with van der Waals surface area (Å²) in [6.07, 6.45) is 0. The number of morpholine rings is 1. The molecule has 1 heterocycles. The predicted octanol–water partition coefficient (Wildman–Crippen LogP) is 2.39. The number of nitrogens with zero attached hydrogens (tertiary/aromatic N) is 1. The zero-order valence-corrected chi connectivity index (χ0v) is 12.5. The number of benzene rings is 1. The van der Waals surface area contributed by atoms with E-state index < -0.39 is 11.6 Å². The summed E-state index contributed by atoms with van der Waals surface area (Å²) >= 11 is 3.04. The Morgan fingerprint density at radius 2 is 2.30 bits per heavy atom. The molecule has 1 aromatic rings. The zero-order valence-electron chi connectivity index (χ0n) is 11.0. The van der Waals surface area contributed by atoms with Gasteiger partial charge in [-0.15, -0.1) is 0 Å². The molecular weight excluding hydrogens is 334 g/mol. The van der Waals surface area contributed by atoms with Gasteiger partial charge >= 0.3 is 0 Å². The molecule has 0 aromatic heterocycles. The fraction of sp³-hybridized carbons (Fsp3) is 0.462. The molecule has 0 unspecified atom stereocenters. The predicted molar refractivity (Wildman–Crippen MR) is 74.5 cm³/mol. The van der Waals surface area contributed by atoms with E-state index in [0.717, 1.165) is 12.1 Å². The highest BCUT2D eigenvalue weighted by Gasteiger charge is 2.22. The average molecular weight is 349 g/mol. The first-order chi connectivity index (χ1) is 9.47. The Morgan fingerprint density at radius 3 is 2.95 bits per heavy atom. The summed E-state index contributed by atoms with van der Waals surface area (Å²) in [7, 11) is 0. The quantitative estimate of drug-likeness (QED) is 0.911. The second-order valence-corrected chi connectivity index (χ2v) is 5.54. The van der Waals surface area contributed by atoms with E-state index in [1.807, 2.05) is 11.8 Å². The van der Waals surface area contributed by atoms with E-state index in [-0.39, 0.29) is 28.7 Å². The number of ether oxygens (including phenoxy) is 1. The molecular formula is C13H15BrF2N2O2. The molecule has 1 aliphatic rings. The van der Waals surface area contributed by atoms with Gasteiger partial charge in [-0.2, -0.15) is 0 Å². The van der Waals surface area contributed by atoms with Gasteiger partial charge in [-0.05, 0) is 28.9 Å². The van der Waals surface area contributed by atoms with E-state index in [1.165, 1.54) is 0 Å². The van der Waals surface area contributed by atoms with Crippen molar-refractivity contribution < 1.29 is 18.3 Å². The largest absolute Gasteiger partial charge is 0.379 e. The topological polar surface area (TPSA) is 41.6 Å². The van der Waals surface area contributed by atoms with Crippen LogP contribution in [0.25, 0.3) is 0 Å². The van der Waals surface area contributed by atoms with E-state index in [0.29, 0.717) is 19.8 Å². The molecule has 7 heteroatoms. The first-order valence-electron chi connectivity index (χ1n) is 6.23. The number of amides is 1. The Bertz CT molecular complexity index is 490. The molecule has 1 atom stereocenters. The summed E-state index contributed by atoms with van der Waals surface area (Å²) in [5.41, 5.74) is -0.0442. The van der Waals surface area contributed by atoms with Gasteiger partial charge in [-0.1, -0.05) is 0 Å². The first kappa shape index (κ1) is 15.3. The van der Waals surface area contributed by atoms with Crippen LogP contribution >= 0.6 is 15.9 Å². The molecule has 1 aliphatic heterocycles. The number of rotatable bonds is 3. The number of hydrogen-bond acceptors (Lipinski definition) is 3. The van der Waals surface area contributed by atoms with Gasteiger partial charge in [-0.3, -0.25) is 9.69 Å². The molecule has 1 N–H and O–H groups in total. The van der Waals surface area contributed by atoms with Crippen LogP contribution in [0, 0.1) is 11.6 Å². The zero-order chi connectivity index (χ0) is 14.7. The van der Waals surface area contributed by atoms with E-state index in [2.05, 4.69) is 21.2 Å². The highest BCUT2D eigenvalue weighted by molar-refractivity contribution is 9.10. The minimum atomic E-state index is -0.805. The maximum Gasteiger partial charge on any atom is 0.238 e. The molecule has 1 fully saturated rings. The Kier molecular flexibility index (Phi) is 5.06. The van der Waals surface area contributed by atoms with Crippen molar-refractivity contribution in [1.82, 2.24) is 4.90 Å². The van der Waals surface area contributed by atoms with Gasteiger partial charge in [0.05, 0.1) is 25.4 Å². The van der Waals surface area contributed by atoms with E-state index in [4.69, 9.17) is 4.74 Å². The lowest BCUT2D eigenvalue weighted by atomic mass is 10.2. The molecule has 1 amide bonds. The SMILES string of the molecule is C[C@H]1COCCN1CC(=O)Nc1c(F)cc(F)cc1Br. The van der Waals surface area contributed by atoms with Crippen LogP contribution < -0.4 is 5.32 Å². The van der Waals surface area contributed by atoms with Crippen LogP contribution in [0.3, 0.4) is 0 Å². The Morgan fingerprint density at radius 1 is 1.55 bits per heavy atom. The van der Waals surface area contributed by atoms with Crippen molar-refractivity contribution in [2.75, 3.05) is 31.6 Å². The third kappa shape index (κ3) is 3.74. The Hall–Kier alpha value is -1.05. The molecule has 20 heavy (non-hydrogen) atoms. The van der Waals surface area contributed by atoms with Crippen LogP contribution in [0.2, 0.25) is 0 Å². The molecule has 0 spiro atoms. The fourth-order valence-corrected chi connectivity index (χ4v) is 2.53. The average Bonchev–Trinajstić information content (AvgIpc) is 2.36. The summed E-state index contributed by atoms with van der Waals surface area (Å²) < 4.78 is 32.0. The lowest BCUT2D eigenvalue weighted by Crippen LogP contribution is -2.47. The minimum Gasteiger partial charge on any atom is -0.379 e. The second kappa shape index (κ2) is 6.60. The van der Waals surface area contributed by atoms with Gasteiger partial charge in [0.2, 0.25) is 5.91 Å². The molecule has 1 aromatic carbocycles. The Balaban J connectivity index is 2.01. The monoisotopic (exact) mass is 348 g/mol. The number of carbonyl (C=O) groups is 1. The Labute approximate surface area is 124 Å². The lowest BCUT2D eigenvalue weighted by Gasteiger charge is -2.32. The van der Waals surface area contributed by atoms with Gasteiger partial charge < -0.3 is 10.1 Å². The van der Waals surface area contributed by atoms with Crippen molar-refractivity contribution in [3.8, 4) is 0 Å². The standard InChI is InChI=1S/C13H15BrF2N2O2/c1-8-7-20-3-2-18(8)6-12(19)17-13-10(14)4-9(15)5-11(13)16/h4-5,8H,2-3,6-7H2,1H3,(H,17,19)/t8-/m0/s1. The lowest BCUT2D eigenvalue weighted by molar-refractivity contribution is -0.119. The number of carbonyl (C=O) groups excluding carboxylic acids is 1. The van der Waals surface area contributed by atoms with Gasteiger partial charge in [0.25, 0.3) is 0 Å². The maximum atomic E-state index is 13.6. The van der Waals surface area contributed by atoms with Crippen LogP contribution in [0.5, 0.6) is 0 Å². The molecule has 110 valence electrons. The van der Waals surface area contributed by atoms with Gasteiger partial charge in [0.15, 0.2) is 5.82 Å². The number of nitrogens with one attached hydrogen (secondary N) is 1. The third-order valence-corrected chi connectivity index (χ3v) is 3.75. The summed E-state index contributed by atoms with van der Waals surface area (Å²) in [6.45, 7) is 3.91. The van der Waals surface area contributed by atoms with Crippen molar-refractivity contribution >= 4 is 27.5 Å². The molecule has 0 saturated carbocycles. The van der Waals surface area contributed by atoms with E-state index in [1.54, 1.807) is 0 Å². The van der Waals surface area contributed by atoms with Crippen LogP contribution in [0.15, 0.2) is 16.6 Å². The van der Waals surface area contributed by atoms with Crippen LogP contribution in [-0.4, -0.2) is 43.2 Å². The third-order valence-electron chi connectivity index (χ3n) is 3.12. The number of hydrogen-bond donors (Lipinski definition) is 1. The number of halogens is 3. The summed E-state index contributed by atoms with van der Waals surface area (Å²) in [5, 5.41) is 2.46. The van der Waals surface area contributed by atoms with Gasteiger partial charge in [0, 0.05) is 23.1 Å². The molecule has 2 rings (SSSR count). The normalized spacial score (nSPS) is 19.9. The second-order valence-electron chi connectivity index (χ2n) is 4.69. The summed E-state index contributed by atoms with van der Waals surface area (Å²) in [6, 6.07) is 1.98. The van der Waals surface area contributed by atoms with Crippen LogP contribution in [0.1, 0.15) is 6.92 Å². The van der Waals surface area contributed by atoms with Gasteiger partial charge in [-0.25, -0.2) is 8.78 Å². The van der Waals surface area contributed by atoms with E-state index in [9.17, 15) is 13.6 Å². The number of anilines is 1. The summed E-state index contributed by atoms with van der Waals surface area (Å²) in [5.74, 6) is -1.85. The fourth-order valence-electron chi connectivity index (χ4n) is 2.02. The molecule has 4 nitrogen and oxygen atoms in total. The minimum absolute atomic E-state index is 0.0442.